The molecule has 0 bridgehead atoms. The van der Waals surface area contributed by atoms with Gasteiger partial charge in [0.1, 0.15) is 0 Å². The number of methoxy groups -OCH3 is 1. The predicted molar refractivity (Wildman–Crippen MR) is 61.0 cm³/mol. The number of nitrogens with zero attached hydrogens (tertiary/aromatic N) is 1. The highest BCUT2D eigenvalue weighted by Gasteiger charge is 2.20. The highest BCUT2D eigenvalue weighted by atomic mass is 16.5. The molecule has 15 heavy (non-hydrogen) atoms. The quantitative estimate of drug-likeness (QED) is 0.672. The second-order valence-electron chi connectivity index (χ2n) is 4.04. The lowest BCUT2D eigenvalue weighted by molar-refractivity contribution is 0.00882. The van der Waals surface area contributed by atoms with Crippen molar-refractivity contribution in [3.8, 4) is 0 Å². The summed E-state index contributed by atoms with van der Waals surface area (Å²) in [6.45, 7) is 5.40. The van der Waals surface area contributed by atoms with Crippen molar-refractivity contribution < 1.29 is 9.47 Å². The normalized spacial score (nSPS) is 22.2. The van der Waals surface area contributed by atoms with Crippen LogP contribution in [-0.4, -0.2) is 57.5 Å². The number of rotatable bonds is 7. The fraction of sp³-hybridized carbons (Fsp3) is 1.00. The Bertz CT molecular complexity index is 142. The molecule has 0 spiro atoms. The van der Waals surface area contributed by atoms with Gasteiger partial charge >= 0.3 is 0 Å². The number of ether oxygens (including phenoxy) is 2. The molecule has 0 radical (unpaired) electrons. The molecule has 0 saturated carbocycles. The maximum atomic E-state index is 5.55. The van der Waals surface area contributed by atoms with E-state index >= 15 is 0 Å². The molecule has 1 rings (SSSR count). The lowest BCUT2D eigenvalue weighted by atomic mass is 10.1. The molecule has 0 amide bonds. The van der Waals surface area contributed by atoms with E-state index in [1.165, 1.54) is 12.8 Å². The fourth-order valence-electron chi connectivity index (χ4n) is 1.99. The first-order chi connectivity index (χ1) is 7.38. The van der Waals surface area contributed by atoms with Crippen LogP contribution in [0.4, 0.5) is 0 Å². The Hall–Kier alpha value is -0.160. The Balaban J connectivity index is 2.30. The molecule has 0 aliphatic carbocycles. The summed E-state index contributed by atoms with van der Waals surface area (Å²) < 4.78 is 10.6. The molecule has 90 valence electrons. The molecule has 2 N–H and O–H groups in total. The average Bonchev–Trinajstić information content (AvgIpc) is 2.30. The van der Waals surface area contributed by atoms with Crippen LogP contribution in [0.15, 0.2) is 0 Å². The highest BCUT2D eigenvalue weighted by Crippen LogP contribution is 2.13. The molecule has 4 heteroatoms. The van der Waals surface area contributed by atoms with Gasteiger partial charge in [-0.2, -0.15) is 0 Å². The van der Waals surface area contributed by atoms with Crippen molar-refractivity contribution in [2.45, 2.75) is 25.3 Å². The first-order valence-electron chi connectivity index (χ1n) is 5.89. The zero-order chi connectivity index (χ0) is 10.9. The Morgan fingerprint density at radius 3 is 2.93 bits per heavy atom. The van der Waals surface area contributed by atoms with E-state index in [4.69, 9.17) is 15.2 Å². The second kappa shape index (κ2) is 8.05. The average molecular weight is 216 g/mol. The Kier molecular flexibility index (Phi) is 6.92. The smallest absolute Gasteiger partial charge is 0.0621 e. The minimum Gasteiger partial charge on any atom is -0.383 e. The monoisotopic (exact) mass is 216 g/mol. The topological polar surface area (TPSA) is 47.7 Å². The van der Waals surface area contributed by atoms with Crippen molar-refractivity contribution in [2.24, 2.45) is 5.73 Å². The maximum absolute atomic E-state index is 5.55. The number of nitrogens with two attached hydrogens (primary N) is 1. The zero-order valence-electron chi connectivity index (χ0n) is 9.78. The van der Waals surface area contributed by atoms with E-state index in [-0.39, 0.29) is 0 Å². The summed E-state index contributed by atoms with van der Waals surface area (Å²) in [5.74, 6) is 0. The van der Waals surface area contributed by atoms with E-state index in [0.29, 0.717) is 6.04 Å². The van der Waals surface area contributed by atoms with Gasteiger partial charge in [0, 0.05) is 26.3 Å². The molecule has 0 aromatic carbocycles. The first kappa shape index (κ1) is 12.9. The maximum Gasteiger partial charge on any atom is 0.0621 e. The Morgan fingerprint density at radius 2 is 2.33 bits per heavy atom. The van der Waals surface area contributed by atoms with Crippen molar-refractivity contribution in [1.82, 2.24) is 4.90 Å². The van der Waals surface area contributed by atoms with E-state index in [1.807, 2.05) is 0 Å². The van der Waals surface area contributed by atoms with Gasteiger partial charge in [0.2, 0.25) is 0 Å². The van der Waals surface area contributed by atoms with Gasteiger partial charge in [-0.3, -0.25) is 4.90 Å². The molecular weight excluding hydrogens is 192 g/mol. The van der Waals surface area contributed by atoms with Gasteiger partial charge < -0.3 is 15.2 Å². The van der Waals surface area contributed by atoms with Gasteiger partial charge in [0.25, 0.3) is 0 Å². The van der Waals surface area contributed by atoms with Crippen LogP contribution < -0.4 is 5.73 Å². The summed E-state index contributed by atoms with van der Waals surface area (Å²) in [7, 11) is 1.75. The summed E-state index contributed by atoms with van der Waals surface area (Å²) in [5.41, 5.74) is 5.55. The lowest BCUT2D eigenvalue weighted by Crippen LogP contribution is -2.43. The van der Waals surface area contributed by atoms with Gasteiger partial charge in [-0.15, -0.1) is 0 Å². The molecular formula is C11H24N2O2. The Labute approximate surface area is 92.7 Å². The van der Waals surface area contributed by atoms with Crippen LogP contribution in [0.25, 0.3) is 0 Å². The SMILES string of the molecule is COCCN(CCCN)C1CCCOC1. The summed E-state index contributed by atoms with van der Waals surface area (Å²) in [6.07, 6.45) is 3.48. The van der Waals surface area contributed by atoms with E-state index in [2.05, 4.69) is 4.90 Å². The molecule has 1 heterocycles. The molecule has 4 nitrogen and oxygen atoms in total. The molecule has 0 aromatic rings. The van der Waals surface area contributed by atoms with Crippen molar-refractivity contribution in [2.75, 3.05) is 46.6 Å². The van der Waals surface area contributed by atoms with Crippen LogP contribution in [0.1, 0.15) is 19.3 Å². The van der Waals surface area contributed by atoms with Crippen molar-refractivity contribution >= 4 is 0 Å². The zero-order valence-corrected chi connectivity index (χ0v) is 9.78. The third-order valence-electron chi connectivity index (χ3n) is 2.88. The van der Waals surface area contributed by atoms with Crippen molar-refractivity contribution in [3.05, 3.63) is 0 Å². The molecule has 1 atom stereocenters. The first-order valence-corrected chi connectivity index (χ1v) is 5.89. The minimum atomic E-state index is 0.570. The molecule has 1 unspecified atom stereocenters. The second-order valence-corrected chi connectivity index (χ2v) is 4.04. The van der Waals surface area contributed by atoms with E-state index < -0.39 is 0 Å². The van der Waals surface area contributed by atoms with Gasteiger partial charge in [0.15, 0.2) is 0 Å². The van der Waals surface area contributed by atoms with Crippen LogP contribution in [0, 0.1) is 0 Å². The molecule has 1 fully saturated rings. The van der Waals surface area contributed by atoms with Crippen LogP contribution in [-0.2, 0) is 9.47 Å². The van der Waals surface area contributed by atoms with Crippen LogP contribution in [0.3, 0.4) is 0 Å². The number of hydrogen-bond acceptors (Lipinski definition) is 4. The summed E-state index contributed by atoms with van der Waals surface area (Å²) in [5, 5.41) is 0. The third-order valence-corrected chi connectivity index (χ3v) is 2.88. The summed E-state index contributed by atoms with van der Waals surface area (Å²) in [4.78, 5) is 2.45. The summed E-state index contributed by atoms with van der Waals surface area (Å²) >= 11 is 0. The summed E-state index contributed by atoms with van der Waals surface area (Å²) in [6, 6.07) is 0.570. The van der Waals surface area contributed by atoms with Crippen molar-refractivity contribution in [1.29, 1.82) is 0 Å². The van der Waals surface area contributed by atoms with Crippen LogP contribution in [0.2, 0.25) is 0 Å². The highest BCUT2D eigenvalue weighted by molar-refractivity contribution is 4.74. The van der Waals surface area contributed by atoms with Gasteiger partial charge in [0.05, 0.1) is 13.2 Å². The molecule has 1 aliphatic heterocycles. The van der Waals surface area contributed by atoms with Crippen molar-refractivity contribution in [3.63, 3.8) is 0 Å². The van der Waals surface area contributed by atoms with Crippen LogP contribution in [0.5, 0.6) is 0 Å². The Morgan fingerprint density at radius 1 is 1.47 bits per heavy atom. The molecule has 1 saturated heterocycles. The molecule has 0 aromatic heterocycles. The van der Waals surface area contributed by atoms with Crippen LogP contribution >= 0.6 is 0 Å². The minimum absolute atomic E-state index is 0.570. The largest absolute Gasteiger partial charge is 0.383 e. The molecule has 1 aliphatic rings. The van der Waals surface area contributed by atoms with E-state index in [9.17, 15) is 0 Å². The van der Waals surface area contributed by atoms with Gasteiger partial charge in [-0.05, 0) is 32.4 Å². The lowest BCUT2D eigenvalue weighted by Gasteiger charge is -2.33. The third kappa shape index (κ3) is 4.93. The number of hydrogen-bond donors (Lipinski definition) is 1. The van der Waals surface area contributed by atoms with Gasteiger partial charge in [-0.25, -0.2) is 0 Å². The van der Waals surface area contributed by atoms with E-state index in [0.717, 1.165) is 45.9 Å². The van der Waals surface area contributed by atoms with Gasteiger partial charge in [-0.1, -0.05) is 0 Å². The van der Waals surface area contributed by atoms with E-state index in [1.54, 1.807) is 7.11 Å². The standard InChI is InChI=1S/C11H24N2O2/c1-14-9-7-13(6-3-5-12)11-4-2-8-15-10-11/h11H,2-10,12H2,1H3. The predicted octanol–water partition coefficient (Wildman–Crippen LogP) is 0.463. The fourth-order valence-corrected chi connectivity index (χ4v) is 1.99.